The molecule has 1 fully saturated rings. The van der Waals surface area contributed by atoms with Gasteiger partial charge >= 0.3 is 0 Å². The van der Waals surface area contributed by atoms with E-state index in [1.165, 1.54) is 0 Å². The van der Waals surface area contributed by atoms with E-state index in [4.69, 9.17) is 0 Å². The first-order valence-electron chi connectivity index (χ1n) is 8.92. The number of hydrazine groups is 1. The lowest BCUT2D eigenvalue weighted by atomic mass is 10.0. The summed E-state index contributed by atoms with van der Waals surface area (Å²) in [4.78, 5) is 24.4. The van der Waals surface area contributed by atoms with Gasteiger partial charge < -0.3 is 10.6 Å². The van der Waals surface area contributed by atoms with Crippen molar-refractivity contribution in [3.63, 3.8) is 0 Å². The van der Waals surface area contributed by atoms with Crippen LogP contribution in [-0.4, -0.2) is 24.4 Å². The van der Waals surface area contributed by atoms with Crippen molar-refractivity contribution in [2.24, 2.45) is 0 Å². The normalized spacial score (nSPS) is 18.9. The monoisotopic (exact) mass is 430 g/mol. The van der Waals surface area contributed by atoms with E-state index in [9.17, 15) is 9.59 Å². The second kappa shape index (κ2) is 9.12. The fraction of sp³-hybridized carbons (Fsp3) is 0.300. The Bertz CT molecular complexity index is 813. The highest BCUT2D eigenvalue weighted by Crippen LogP contribution is 2.22. The van der Waals surface area contributed by atoms with Crippen LogP contribution >= 0.6 is 15.9 Å². The van der Waals surface area contributed by atoms with Crippen molar-refractivity contribution in [1.29, 1.82) is 0 Å². The molecule has 2 aromatic rings. The minimum Gasteiger partial charge on any atom is -0.354 e. The average Bonchev–Trinajstić information content (AvgIpc) is 3.16. The van der Waals surface area contributed by atoms with Gasteiger partial charge in [0.1, 0.15) is 6.04 Å². The smallest absolute Gasteiger partial charge is 0.238 e. The van der Waals surface area contributed by atoms with Crippen LogP contribution < -0.4 is 21.5 Å². The van der Waals surface area contributed by atoms with E-state index in [-0.39, 0.29) is 30.3 Å². The van der Waals surface area contributed by atoms with Gasteiger partial charge in [-0.2, -0.15) is 0 Å². The van der Waals surface area contributed by atoms with Gasteiger partial charge in [-0.3, -0.25) is 9.59 Å². The molecule has 27 heavy (non-hydrogen) atoms. The number of rotatable bonds is 6. The predicted octanol–water partition coefficient (Wildman–Crippen LogP) is 2.81. The topological polar surface area (TPSA) is 82.3 Å². The van der Waals surface area contributed by atoms with Gasteiger partial charge in [-0.15, -0.1) is 0 Å². The molecule has 0 aromatic heterocycles. The number of benzene rings is 2. The third-order valence-electron chi connectivity index (χ3n) is 4.55. The Morgan fingerprint density at radius 1 is 1.15 bits per heavy atom. The minimum atomic E-state index is -0.314. The second-order valence-corrected chi connectivity index (χ2v) is 7.50. The number of halogens is 1. The molecule has 2 atom stereocenters. The first-order chi connectivity index (χ1) is 13.0. The number of anilines is 1. The Morgan fingerprint density at radius 2 is 1.93 bits per heavy atom. The van der Waals surface area contributed by atoms with Crippen LogP contribution in [0.1, 0.15) is 30.0 Å². The Balaban J connectivity index is 1.42. The number of nitrogens with one attached hydrogen (secondary N) is 4. The highest BCUT2D eigenvalue weighted by molar-refractivity contribution is 9.10. The van der Waals surface area contributed by atoms with Gasteiger partial charge in [0.15, 0.2) is 0 Å². The average molecular weight is 431 g/mol. The molecule has 1 heterocycles. The van der Waals surface area contributed by atoms with Crippen LogP contribution in [0, 0.1) is 6.92 Å². The van der Waals surface area contributed by atoms with Crippen molar-refractivity contribution in [3.8, 4) is 0 Å². The van der Waals surface area contributed by atoms with E-state index in [0.29, 0.717) is 13.0 Å². The fourth-order valence-electron chi connectivity index (χ4n) is 3.00. The van der Waals surface area contributed by atoms with E-state index < -0.39 is 0 Å². The highest BCUT2D eigenvalue weighted by Gasteiger charge is 2.29. The summed E-state index contributed by atoms with van der Waals surface area (Å²) in [6, 6.07) is 15.5. The van der Waals surface area contributed by atoms with Crippen LogP contribution in [0.4, 0.5) is 5.69 Å². The molecular weight excluding hydrogens is 408 g/mol. The Morgan fingerprint density at radius 3 is 2.70 bits per heavy atom. The molecule has 0 spiro atoms. The van der Waals surface area contributed by atoms with E-state index in [2.05, 4.69) is 37.4 Å². The lowest BCUT2D eigenvalue weighted by Gasteiger charge is -2.12. The van der Waals surface area contributed by atoms with Crippen LogP contribution in [0.15, 0.2) is 53.0 Å². The molecule has 142 valence electrons. The van der Waals surface area contributed by atoms with Gasteiger partial charge in [-0.25, -0.2) is 10.9 Å². The van der Waals surface area contributed by atoms with Crippen LogP contribution in [-0.2, 0) is 9.59 Å². The van der Waals surface area contributed by atoms with Crippen molar-refractivity contribution in [3.05, 3.63) is 64.1 Å². The van der Waals surface area contributed by atoms with Crippen LogP contribution in [0.5, 0.6) is 0 Å². The van der Waals surface area contributed by atoms with E-state index in [1.54, 1.807) is 0 Å². The maximum atomic E-state index is 12.3. The van der Waals surface area contributed by atoms with Crippen molar-refractivity contribution in [2.75, 3.05) is 11.9 Å². The number of hydrogen-bond donors (Lipinski definition) is 4. The molecule has 3 rings (SSSR count). The van der Waals surface area contributed by atoms with E-state index in [1.807, 2.05) is 55.5 Å². The van der Waals surface area contributed by atoms with Gasteiger partial charge in [-0.05, 0) is 36.6 Å². The van der Waals surface area contributed by atoms with E-state index in [0.717, 1.165) is 21.3 Å². The molecule has 2 amide bonds. The Kier molecular flexibility index (Phi) is 6.60. The maximum absolute atomic E-state index is 12.3. The van der Waals surface area contributed by atoms with Crippen molar-refractivity contribution < 1.29 is 9.59 Å². The molecule has 0 radical (unpaired) electrons. The van der Waals surface area contributed by atoms with Crippen LogP contribution in [0.25, 0.3) is 0 Å². The molecule has 1 saturated heterocycles. The zero-order valence-corrected chi connectivity index (χ0v) is 16.7. The van der Waals surface area contributed by atoms with Crippen molar-refractivity contribution in [1.82, 2.24) is 16.2 Å². The molecule has 2 aromatic carbocycles. The molecule has 1 aliphatic rings. The number of carbonyl (C=O) groups is 2. The number of hydrogen-bond acceptors (Lipinski definition) is 4. The fourth-order valence-corrected chi connectivity index (χ4v) is 3.36. The Labute approximate surface area is 167 Å². The zero-order valence-electron chi connectivity index (χ0n) is 15.1. The third kappa shape index (κ3) is 5.38. The summed E-state index contributed by atoms with van der Waals surface area (Å²) in [5.74, 6) is -0.233. The first-order valence-corrected chi connectivity index (χ1v) is 9.72. The summed E-state index contributed by atoms with van der Waals surface area (Å²) in [5, 5.41) is 5.70. The molecule has 1 aliphatic heterocycles. The number of carbonyl (C=O) groups excluding carboxylic acids is 2. The lowest BCUT2D eigenvalue weighted by molar-refractivity contribution is -0.123. The summed E-state index contributed by atoms with van der Waals surface area (Å²) in [6.45, 7) is 2.23. The SMILES string of the molecule is Cc1ccc(Br)cc1NC(=O)CCNC(=O)C1CC(c2ccccc2)NN1. The molecule has 4 N–H and O–H groups in total. The van der Waals surface area contributed by atoms with Crippen molar-refractivity contribution >= 4 is 33.4 Å². The zero-order chi connectivity index (χ0) is 19.2. The molecule has 2 unspecified atom stereocenters. The molecule has 0 saturated carbocycles. The quantitative estimate of drug-likeness (QED) is 0.567. The predicted molar refractivity (Wildman–Crippen MR) is 109 cm³/mol. The summed E-state index contributed by atoms with van der Waals surface area (Å²) in [5.41, 5.74) is 9.09. The summed E-state index contributed by atoms with van der Waals surface area (Å²) >= 11 is 3.40. The molecular formula is C20H23BrN4O2. The first kappa shape index (κ1) is 19.5. The number of amides is 2. The Hall–Kier alpha value is -2.22. The second-order valence-electron chi connectivity index (χ2n) is 6.59. The minimum absolute atomic E-state index is 0.102. The highest BCUT2D eigenvalue weighted by atomic mass is 79.9. The number of aryl methyl sites for hydroxylation is 1. The maximum Gasteiger partial charge on any atom is 0.238 e. The summed E-state index contributed by atoms with van der Waals surface area (Å²) in [6.07, 6.45) is 0.888. The van der Waals surface area contributed by atoms with E-state index >= 15 is 0 Å². The van der Waals surface area contributed by atoms with Gasteiger partial charge in [0, 0.05) is 29.2 Å². The van der Waals surface area contributed by atoms with Crippen LogP contribution in [0.3, 0.4) is 0 Å². The van der Waals surface area contributed by atoms with Gasteiger partial charge in [0.25, 0.3) is 0 Å². The summed E-state index contributed by atoms with van der Waals surface area (Å²) < 4.78 is 0.907. The molecule has 6 nitrogen and oxygen atoms in total. The largest absolute Gasteiger partial charge is 0.354 e. The standard InChI is InChI=1S/C20H23BrN4O2/c1-13-7-8-15(21)11-16(13)23-19(26)9-10-22-20(27)18-12-17(24-25-18)14-5-3-2-4-6-14/h2-8,11,17-18,24-25H,9-10,12H2,1H3,(H,22,27)(H,23,26). The molecule has 7 heteroatoms. The van der Waals surface area contributed by atoms with Gasteiger partial charge in [0.05, 0.1) is 0 Å². The molecule has 0 bridgehead atoms. The van der Waals surface area contributed by atoms with Gasteiger partial charge in [0.2, 0.25) is 11.8 Å². The van der Waals surface area contributed by atoms with Crippen molar-refractivity contribution in [2.45, 2.75) is 31.8 Å². The molecule has 0 aliphatic carbocycles. The van der Waals surface area contributed by atoms with Crippen LogP contribution in [0.2, 0.25) is 0 Å². The van der Waals surface area contributed by atoms with Gasteiger partial charge in [-0.1, -0.05) is 52.3 Å². The lowest BCUT2D eigenvalue weighted by Crippen LogP contribution is -2.43. The third-order valence-corrected chi connectivity index (χ3v) is 5.04. The summed E-state index contributed by atoms with van der Waals surface area (Å²) in [7, 11) is 0.